The predicted molar refractivity (Wildman–Crippen MR) is 63.1 cm³/mol. The van der Waals surface area contributed by atoms with Crippen molar-refractivity contribution in [3.8, 4) is 11.5 Å². The molecule has 0 saturated carbocycles. The maximum Gasteiger partial charge on any atom is 0.247 e. The second-order valence-electron chi connectivity index (χ2n) is 3.83. The predicted octanol–water partition coefficient (Wildman–Crippen LogP) is 1.21. The summed E-state index contributed by atoms with van der Waals surface area (Å²) in [5.74, 6) is 1.03. The molecule has 0 amide bonds. The Hall–Kier alpha value is -1.72. The molecule has 0 radical (unpaired) electrons. The summed E-state index contributed by atoms with van der Waals surface area (Å²) in [7, 11) is 0. The van der Waals surface area contributed by atoms with Crippen molar-refractivity contribution in [2.75, 3.05) is 6.61 Å². The molecule has 5 nitrogen and oxygen atoms in total. The van der Waals surface area contributed by atoms with Gasteiger partial charge >= 0.3 is 0 Å². The fraction of sp³-hybridized carbons (Fsp3) is 0.333. The molecule has 0 aliphatic rings. The van der Waals surface area contributed by atoms with Crippen LogP contribution in [0.5, 0.6) is 0 Å². The molecule has 1 aromatic carbocycles. The van der Waals surface area contributed by atoms with Crippen LogP contribution in [0.3, 0.4) is 0 Å². The van der Waals surface area contributed by atoms with E-state index in [1.165, 1.54) is 0 Å². The van der Waals surface area contributed by atoms with E-state index in [1.54, 1.807) is 0 Å². The molecule has 2 rings (SSSR count). The number of hydrogen-bond acceptors (Lipinski definition) is 5. The smallest absolute Gasteiger partial charge is 0.247 e. The van der Waals surface area contributed by atoms with E-state index in [0.29, 0.717) is 18.3 Å². The average Bonchev–Trinajstić information content (AvgIpc) is 2.86. The molecule has 90 valence electrons. The van der Waals surface area contributed by atoms with Crippen molar-refractivity contribution in [3.05, 3.63) is 36.2 Å². The number of aliphatic hydroxyl groups is 1. The van der Waals surface area contributed by atoms with Crippen LogP contribution in [0.15, 0.2) is 34.7 Å². The van der Waals surface area contributed by atoms with Gasteiger partial charge < -0.3 is 14.8 Å². The van der Waals surface area contributed by atoms with Gasteiger partial charge in [-0.15, -0.1) is 10.2 Å². The van der Waals surface area contributed by atoms with Crippen LogP contribution in [0.4, 0.5) is 0 Å². The minimum absolute atomic E-state index is 0.0158. The molecule has 5 heteroatoms. The number of aliphatic hydroxyl groups excluding tert-OH is 1. The maximum absolute atomic E-state index is 8.87. The standard InChI is InChI=1S/C12H15N3O2/c1-9(8-16)13-7-11-14-15-12(17-11)10-5-3-2-4-6-10/h2-6,9,13,16H,7-8H2,1H3. The van der Waals surface area contributed by atoms with Crippen LogP contribution < -0.4 is 5.32 Å². The summed E-state index contributed by atoms with van der Waals surface area (Å²) < 4.78 is 5.50. The highest BCUT2D eigenvalue weighted by molar-refractivity contribution is 5.51. The number of hydrogen-bond donors (Lipinski definition) is 2. The largest absolute Gasteiger partial charge is 0.419 e. The highest BCUT2D eigenvalue weighted by Crippen LogP contribution is 2.16. The molecular formula is C12H15N3O2. The Labute approximate surface area is 99.5 Å². The van der Waals surface area contributed by atoms with Crippen molar-refractivity contribution in [2.45, 2.75) is 19.5 Å². The van der Waals surface area contributed by atoms with Crippen LogP contribution in [0.1, 0.15) is 12.8 Å². The summed E-state index contributed by atoms with van der Waals surface area (Å²) in [6.07, 6.45) is 0. The molecule has 0 bridgehead atoms. The van der Waals surface area contributed by atoms with Crippen LogP contribution in [-0.2, 0) is 6.54 Å². The molecule has 17 heavy (non-hydrogen) atoms. The molecular weight excluding hydrogens is 218 g/mol. The summed E-state index contributed by atoms with van der Waals surface area (Å²) in [5, 5.41) is 19.8. The van der Waals surface area contributed by atoms with E-state index in [9.17, 15) is 0 Å². The highest BCUT2D eigenvalue weighted by Gasteiger charge is 2.08. The van der Waals surface area contributed by atoms with Crippen molar-refractivity contribution in [1.82, 2.24) is 15.5 Å². The summed E-state index contributed by atoms with van der Waals surface area (Å²) >= 11 is 0. The quantitative estimate of drug-likeness (QED) is 0.812. The molecule has 1 unspecified atom stereocenters. The van der Waals surface area contributed by atoms with Crippen LogP contribution in [0.2, 0.25) is 0 Å². The van der Waals surface area contributed by atoms with E-state index in [0.717, 1.165) is 5.56 Å². The first kappa shape index (κ1) is 11.8. The first-order chi connectivity index (χ1) is 8.29. The van der Waals surface area contributed by atoms with E-state index in [-0.39, 0.29) is 12.6 Å². The number of rotatable bonds is 5. The van der Waals surface area contributed by atoms with Crippen molar-refractivity contribution in [1.29, 1.82) is 0 Å². The third-order valence-corrected chi connectivity index (χ3v) is 2.36. The van der Waals surface area contributed by atoms with Gasteiger partial charge in [-0.25, -0.2) is 0 Å². The van der Waals surface area contributed by atoms with Crippen molar-refractivity contribution in [2.24, 2.45) is 0 Å². The molecule has 1 heterocycles. The van der Waals surface area contributed by atoms with Crippen LogP contribution in [0.25, 0.3) is 11.5 Å². The van der Waals surface area contributed by atoms with Gasteiger partial charge in [0.2, 0.25) is 11.8 Å². The Kier molecular flexibility index (Phi) is 3.85. The minimum Gasteiger partial charge on any atom is -0.419 e. The molecule has 0 aliphatic heterocycles. The van der Waals surface area contributed by atoms with Crippen LogP contribution >= 0.6 is 0 Å². The van der Waals surface area contributed by atoms with Gasteiger partial charge in [0.25, 0.3) is 0 Å². The first-order valence-electron chi connectivity index (χ1n) is 5.51. The molecule has 2 aromatic rings. The fourth-order valence-corrected chi connectivity index (χ4v) is 1.35. The van der Waals surface area contributed by atoms with E-state index >= 15 is 0 Å². The van der Waals surface area contributed by atoms with E-state index in [1.807, 2.05) is 37.3 Å². The lowest BCUT2D eigenvalue weighted by atomic mass is 10.2. The number of aromatic nitrogens is 2. The van der Waals surface area contributed by atoms with Gasteiger partial charge in [-0.3, -0.25) is 0 Å². The van der Waals surface area contributed by atoms with Gasteiger partial charge in [0.1, 0.15) is 0 Å². The summed E-state index contributed by atoms with van der Waals surface area (Å²) in [4.78, 5) is 0. The minimum atomic E-state index is 0.0158. The Morgan fingerprint density at radius 3 is 2.76 bits per heavy atom. The normalized spacial score (nSPS) is 12.6. The Balaban J connectivity index is 2.01. The topological polar surface area (TPSA) is 71.2 Å². The lowest BCUT2D eigenvalue weighted by Gasteiger charge is -2.06. The lowest BCUT2D eigenvalue weighted by molar-refractivity contribution is 0.247. The highest BCUT2D eigenvalue weighted by atomic mass is 16.4. The van der Waals surface area contributed by atoms with Gasteiger partial charge in [-0.2, -0.15) is 0 Å². The molecule has 1 aromatic heterocycles. The molecule has 0 saturated heterocycles. The van der Waals surface area contributed by atoms with Gasteiger partial charge in [0, 0.05) is 11.6 Å². The fourth-order valence-electron chi connectivity index (χ4n) is 1.35. The molecule has 2 N–H and O–H groups in total. The zero-order chi connectivity index (χ0) is 12.1. The number of benzene rings is 1. The van der Waals surface area contributed by atoms with E-state index in [4.69, 9.17) is 9.52 Å². The monoisotopic (exact) mass is 233 g/mol. The second kappa shape index (κ2) is 5.56. The van der Waals surface area contributed by atoms with Gasteiger partial charge in [0.05, 0.1) is 13.2 Å². The first-order valence-corrected chi connectivity index (χ1v) is 5.51. The zero-order valence-corrected chi connectivity index (χ0v) is 9.63. The lowest BCUT2D eigenvalue weighted by Crippen LogP contribution is -2.28. The summed E-state index contributed by atoms with van der Waals surface area (Å²) in [6.45, 7) is 2.43. The maximum atomic E-state index is 8.87. The Bertz CT molecular complexity index is 456. The number of nitrogens with zero attached hydrogens (tertiary/aromatic N) is 2. The Morgan fingerprint density at radius 1 is 1.29 bits per heavy atom. The molecule has 1 atom stereocenters. The van der Waals surface area contributed by atoms with Gasteiger partial charge in [-0.05, 0) is 19.1 Å². The summed E-state index contributed by atoms with van der Waals surface area (Å²) in [6, 6.07) is 9.63. The van der Waals surface area contributed by atoms with E-state index < -0.39 is 0 Å². The number of nitrogens with one attached hydrogen (secondary N) is 1. The van der Waals surface area contributed by atoms with Crippen molar-refractivity contribution >= 4 is 0 Å². The zero-order valence-electron chi connectivity index (χ0n) is 9.63. The SMILES string of the molecule is CC(CO)NCc1nnc(-c2ccccc2)o1. The second-order valence-corrected chi connectivity index (χ2v) is 3.83. The molecule has 0 fully saturated rings. The van der Waals surface area contributed by atoms with Crippen molar-refractivity contribution < 1.29 is 9.52 Å². The average molecular weight is 233 g/mol. The van der Waals surface area contributed by atoms with Crippen LogP contribution in [-0.4, -0.2) is 28.0 Å². The third kappa shape index (κ3) is 3.12. The summed E-state index contributed by atoms with van der Waals surface area (Å²) in [5.41, 5.74) is 0.904. The third-order valence-electron chi connectivity index (χ3n) is 2.36. The van der Waals surface area contributed by atoms with Crippen molar-refractivity contribution in [3.63, 3.8) is 0 Å². The molecule has 0 aliphatic carbocycles. The molecule has 0 spiro atoms. The van der Waals surface area contributed by atoms with E-state index in [2.05, 4.69) is 15.5 Å². The Morgan fingerprint density at radius 2 is 2.06 bits per heavy atom. The van der Waals surface area contributed by atoms with Gasteiger partial charge in [-0.1, -0.05) is 18.2 Å². The van der Waals surface area contributed by atoms with Crippen LogP contribution in [0, 0.1) is 0 Å². The van der Waals surface area contributed by atoms with Gasteiger partial charge in [0.15, 0.2) is 0 Å².